The fourth-order valence-corrected chi connectivity index (χ4v) is 1.51. The van der Waals surface area contributed by atoms with Crippen molar-refractivity contribution in [2.45, 2.75) is 19.4 Å². The molecule has 1 aromatic carbocycles. The van der Waals surface area contributed by atoms with Gasteiger partial charge in [0.15, 0.2) is 0 Å². The van der Waals surface area contributed by atoms with Crippen LogP contribution < -0.4 is 5.48 Å². The molecule has 1 atom stereocenters. The summed E-state index contributed by atoms with van der Waals surface area (Å²) in [5.74, 6) is 0. The zero-order valence-corrected chi connectivity index (χ0v) is 7.21. The lowest BCUT2D eigenvalue weighted by atomic mass is 10.1. The van der Waals surface area contributed by atoms with Crippen LogP contribution in [0.4, 0.5) is 0 Å². The molecule has 1 aliphatic heterocycles. The predicted octanol–water partition coefficient (Wildman–Crippen LogP) is 1.96. The molecule has 1 unspecified atom stereocenters. The quantitative estimate of drug-likeness (QED) is 0.683. The van der Waals surface area contributed by atoms with Crippen LogP contribution in [0.2, 0.25) is 0 Å². The summed E-state index contributed by atoms with van der Waals surface area (Å²) in [6, 6.07) is 8.47. The second-order valence-corrected chi connectivity index (χ2v) is 3.20. The van der Waals surface area contributed by atoms with Crippen LogP contribution in [-0.2, 0) is 4.84 Å². The van der Waals surface area contributed by atoms with Gasteiger partial charge in [-0.2, -0.15) is 0 Å². The van der Waals surface area contributed by atoms with Gasteiger partial charge >= 0.3 is 0 Å². The molecule has 1 aliphatic rings. The zero-order chi connectivity index (χ0) is 8.39. The third kappa shape index (κ3) is 1.49. The SMILES string of the molecule is Cc1cccc(C2CCNO2)c1. The van der Waals surface area contributed by atoms with E-state index < -0.39 is 0 Å². The molecule has 1 N–H and O–H groups in total. The van der Waals surface area contributed by atoms with Gasteiger partial charge in [0.25, 0.3) is 0 Å². The molecular formula is C10H13NO. The topological polar surface area (TPSA) is 21.3 Å². The lowest BCUT2D eigenvalue weighted by Gasteiger charge is -2.08. The lowest BCUT2D eigenvalue weighted by molar-refractivity contribution is 0.0336. The van der Waals surface area contributed by atoms with E-state index in [0.717, 1.165) is 13.0 Å². The van der Waals surface area contributed by atoms with Crippen LogP contribution in [0.25, 0.3) is 0 Å². The van der Waals surface area contributed by atoms with Crippen LogP contribution >= 0.6 is 0 Å². The third-order valence-corrected chi connectivity index (χ3v) is 2.15. The Kier molecular flexibility index (Phi) is 2.11. The molecule has 2 nitrogen and oxygen atoms in total. The average Bonchev–Trinajstić information content (AvgIpc) is 2.56. The van der Waals surface area contributed by atoms with Crippen molar-refractivity contribution in [1.29, 1.82) is 0 Å². The maximum Gasteiger partial charge on any atom is 0.105 e. The number of hydrogen-bond acceptors (Lipinski definition) is 2. The van der Waals surface area contributed by atoms with Crippen LogP contribution in [-0.4, -0.2) is 6.54 Å². The van der Waals surface area contributed by atoms with Crippen LogP contribution in [0.3, 0.4) is 0 Å². The van der Waals surface area contributed by atoms with E-state index in [1.54, 1.807) is 0 Å². The minimum atomic E-state index is 0.255. The van der Waals surface area contributed by atoms with Crippen molar-refractivity contribution in [1.82, 2.24) is 5.48 Å². The van der Waals surface area contributed by atoms with Gasteiger partial charge in [-0.1, -0.05) is 29.8 Å². The van der Waals surface area contributed by atoms with Gasteiger partial charge in [-0.25, -0.2) is 5.48 Å². The highest BCUT2D eigenvalue weighted by Crippen LogP contribution is 2.23. The second kappa shape index (κ2) is 3.25. The zero-order valence-electron chi connectivity index (χ0n) is 7.21. The van der Waals surface area contributed by atoms with Crippen LogP contribution in [0.1, 0.15) is 23.7 Å². The van der Waals surface area contributed by atoms with Crippen molar-refractivity contribution in [3.63, 3.8) is 0 Å². The smallest absolute Gasteiger partial charge is 0.105 e. The number of benzene rings is 1. The normalized spacial score (nSPS) is 22.9. The van der Waals surface area contributed by atoms with Crippen LogP contribution in [0, 0.1) is 6.92 Å². The maximum absolute atomic E-state index is 5.34. The van der Waals surface area contributed by atoms with E-state index in [1.807, 2.05) is 0 Å². The Hall–Kier alpha value is -0.860. The number of hydroxylamine groups is 1. The Morgan fingerprint density at radius 3 is 3.08 bits per heavy atom. The Balaban J connectivity index is 2.21. The molecule has 0 spiro atoms. The Morgan fingerprint density at radius 2 is 2.42 bits per heavy atom. The summed E-state index contributed by atoms with van der Waals surface area (Å²) in [7, 11) is 0. The first-order chi connectivity index (χ1) is 5.86. The highest BCUT2D eigenvalue weighted by molar-refractivity contribution is 5.24. The predicted molar refractivity (Wildman–Crippen MR) is 47.6 cm³/mol. The van der Waals surface area contributed by atoms with Gasteiger partial charge in [0.1, 0.15) is 6.10 Å². The summed E-state index contributed by atoms with van der Waals surface area (Å²) in [5, 5.41) is 0. The number of hydrogen-bond donors (Lipinski definition) is 1. The summed E-state index contributed by atoms with van der Waals surface area (Å²) >= 11 is 0. The van der Waals surface area contributed by atoms with E-state index in [-0.39, 0.29) is 6.10 Å². The van der Waals surface area contributed by atoms with Crippen molar-refractivity contribution in [3.05, 3.63) is 35.4 Å². The molecule has 1 aromatic rings. The number of nitrogens with one attached hydrogen (secondary N) is 1. The molecule has 2 heteroatoms. The van der Waals surface area contributed by atoms with E-state index in [2.05, 4.69) is 36.7 Å². The summed E-state index contributed by atoms with van der Waals surface area (Å²) in [4.78, 5) is 5.34. The highest BCUT2D eigenvalue weighted by Gasteiger charge is 2.17. The molecule has 0 amide bonds. The van der Waals surface area contributed by atoms with E-state index >= 15 is 0 Å². The van der Waals surface area contributed by atoms with Gasteiger partial charge in [-0.05, 0) is 18.9 Å². The van der Waals surface area contributed by atoms with E-state index in [9.17, 15) is 0 Å². The Bertz CT molecular complexity index is 266. The summed E-state index contributed by atoms with van der Waals surface area (Å²) < 4.78 is 0. The summed E-state index contributed by atoms with van der Waals surface area (Å²) in [5.41, 5.74) is 5.46. The number of rotatable bonds is 1. The van der Waals surface area contributed by atoms with Gasteiger partial charge in [0.2, 0.25) is 0 Å². The van der Waals surface area contributed by atoms with Crippen molar-refractivity contribution in [2.24, 2.45) is 0 Å². The number of aryl methyl sites for hydroxylation is 1. The minimum absolute atomic E-state index is 0.255. The first-order valence-corrected chi connectivity index (χ1v) is 4.31. The summed E-state index contributed by atoms with van der Waals surface area (Å²) in [6.07, 6.45) is 1.33. The molecule has 0 aromatic heterocycles. The van der Waals surface area contributed by atoms with Crippen molar-refractivity contribution in [3.8, 4) is 0 Å². The van der Waals surface area contributed by atoms with Crippen molar-refractivity contribution < 1.29 is 4.84 Å². The first kappa shape index (κ1) is 7.77. The van der Waals surface area contributed by atoms with E-state index in [4.69, 9.17) is 4.84 Å². The van der Waals surface area contributed by atoms with Crippen LogP contribution in [0.15, 0.2) is 24.3 Å². The van der Waals surface area contributed by atoms with Gasteiger partial charge < -0.3 is 0 Å². The van der Waals surface area contributed by atoms with Gasteiger partial charge in [0, 0.05) is 6.54 Å². The Labute approximate surface area is 72.5 Å². The van der Waals surface area contributed by atoms with Crippen LogP contribution in [0.5, 0.6) is 0 Å². The van der Waals surface area contributed by atoms with Gasteiger partial charge in [0.05, 0.1) is 0 Å². The maximum atomic E-state index is 5.34. The second-order valence-electron chi connectivity index (χ2n) is 3.20. The van der Waals surface area contributed by atoms with E-state index in [0.29, 0.717) is 0 Å². The first-order valence-electron chi connectivity index (χ1n) is 4.31. The van der Waals surface area contributed by atoms with Gasteiger partial charge in [-0.15, -0.1) is 0 Å². The Morgan fingerprint density at radius 1 is 1.50 bits per heavy atom. The molecule has 1 heterocycles. The minimum Gasteiger partial charge on any atom is -0.294 e. The molecule has 1 saturated heterocycles. The lowest BCUT2D eigenvalue weighted by Crippen LogP contribution is -2.04. The molecule has 0 aliphatic carbocycles. The van der Waals surface area contributed by atoms with Crippen molar-refractivity contribution >= 4 is 0 Å². The molecule has 1 fully saturated rings. The molecule has 12 heavy (non-hydrogen) atoms. The molecule has 0 radical (unpaired) electrons. The van der Waals surface area contributed by atoms with E-state index in [1.165, 1.54) is 11.1 Å². The monoisotopic (exact) mass is 163 g/mol. The molecule has 0 bridgehead atoms. The fraction of sp³-hybridized carbons (Fsp3) is 0.400. The van der Waals surface area contributed by atoms with Gasteiger partial charge in [-0.3, -0.25) is 4.84 Å². The largest absolute Gasteiger partial charge is 0.294 e. The standard InChI is InChI=1S/C10H13NO/c1-8-3-2-4-9(7-8)10-5-6-11-12-10/h2-4,7,10-11H,5-6H2,1H3. The third-order valence-electron chi connectivity index (χ3n) is 2.15. The molecule has 64 valence electrons. The van der Waals surface area contributed by atoms with Crippen molar-refractivity contribution in [2.75, 3.05) is 6.54 Å². The molecular weight excluding hydrogens is 150 g/mol. The fourth-order valence-electron chi connectivity index (χ4n) is 1.51. The average molecular weight is 163 g/mol. The summed E-state index contributed by atoms with van der Waals surface area (Å²) in [6.45, 7) is 3.06. The molecule has 2 rings (SSSR count). The molecule has 0 saturated carbocycles. The highest BCUT2D eigenvalue weighted by atomic mass is 16.7.